The van der Waals surface area contributed by atoms with E-state index in [4.69, 9.17) is 23.2 Å². The average molecular weight is 341 g/mol. The smallest absolute Gasteiger partial charge is 0.239 e. The summed E-state index contributed by atoms with van der Waals surface area (Å²) in [6, 6.07) is 7.17. The standard InChI is InChI=1S/C15H18Cl2N4O/c1-9-7-13(21(3)20-9)19-14(22)8-18-10(2)11-5-4-6-12(16)15(11)17/h4-7,10,18H,8H2,1-3H3,(H,19,22)/t10-/m1/s1. The molecule has 0 aliphatic rings. The first-order valence-electron chi connectivity index (χ1n) is 6.86. The monoisotopic (exact) mass is 340 g/mol. The predicted molar refractivity (Wildman–Crippen MR) is 89.5 cm³/mol. The van der Waals surface area contributed by atoms with Gasteiger partial charge in [-0.15, -0.1) is 0 Å². The van der Waals surface area contributed by atoms with Crippen molar-refractivity contribution in [2.75, 3.05) is 11.9 Å². The summed E-state index contributed by atoms with van der Waals surface area (Å²) < 4.78 is 1.63. The number of hydrogen-bond donors (Lipinski definition) is 2. The summed E-state index contributed by atoms with van der Waals surface area (Å²) in [6.07, 6.45) is 0. The van der Waals surface area contributed by atoms with Crippen molar-refractivity contribution in [3.63, 3.8) is 0 Å². The van der Waals surface area contributed by atoms with Crippen LogP contribution in [0.4, 0.5) is 5.82 Å². The molecule has 1 atom stereocenters. The van der Waals surface area contributed by atoms with E-state index in [-0.39, 0.29) is 18.5 Å². The van der Waals surface area contributed by atoms with Crippen LogP contribution in [0.2, 0.25) is 10.0 Å². The van der Waals surface area contributed by atoms with E-state index in [1.165, 1.54) is 0 Å². The minimum absolute atomic E-state index is 0.0924. The van der Waals surface area contributed by atoms with Crippen LogP contribution >= 0.6 is 23.2 Å². The maximum Gasteiger partial charge on any atom is 0.239 e. The van der Waals surface area contributed by atoms with Crippen LogP contribution in [0.3, 0.4) is 0 Å². The molecule has 1 amide bonds. The van der Waals surface area contributed by atoms with Gasteiger partial charge in [0, 0.05) is 19.2 Å². The van der Waals surface area contributed by atoms with Gasteiger partial charge in [-0.05, 0) is 25.5 Å². The predicted octanol–water partition coefficient (Wildman–Crippen LogP) is 3.32. The van der Waals surface area contributed by atoms with Crippen LogP contribution < -0.4 is 10.6 Å². The van der Waals surface area contributed by atoms with Crippen LogP contribution in [0.25, 0.3) is 0 Å². The molecular formula is C15H18Cl2N4O. The Kier molecular flexibility index (Phi) is 5.45. The Morgan fingerprint density at radius 3 is 2.77 bits per heavy atom. The first-order valence-corrected chi connectivity index (χ1v) is 7.62. The maximum atomic E-state index is 12.0. The summed E-state index contributed by atoms with van der Waals surface area (Å²) in [5.74, 6) is 0.519. The third kappa shape index (κ3) is 4.00. The van der Waals surface area contributed by atoms with Crippen molar-refractivity contribution in [1.29, 1.82) is 0 Å². The third-order valence-corrected chi connectivity index (χ3v) is 4.12. The molecule has 0 spiro atoms. The van der Waals surface area contributed by atoms with E-state index >= 15 is 0 Å². The Bertz CT molecular complexity index is 684. The lowest BCUT2D eigenvalue weighted by molar-refractivity contribution is -0.115. The number of carbonyl (C=O) groups excluding carboxylic acids is 1. The molecule has 0 aliphatic carbocycles. The Labute approximate surface area is 139 Å². The fourth-order valence-electron chi connectivity index (χ4n) is 2.13. The zero-order valence-corrected chi connectivity index (χ0v) is 14.2. The lowest BCUT2D eigenvalue weighted by Gasteiger charge is -2.16. The summed E-state index contributed by atoms with van der Waals surface area (Å²) in [5, 5.41) is 11.1. The average Bonchev–Trinajstić information content (AvgIpc) is 2.77. The number of anilines is 1. The molecule has 0 aliphatic heterocycles. The van der Waals surface area contributed by atoms with Crippen LogP contribution in [0.15, 0.2) is 24.3 Å². The molecule has 2 aromatic rings. The zero-order chi connectivity index (χ0) is 16.3. The second-order valence-corrected chi connectivity index (χ2v) is 5.87. The summed E-state index contributed by atoms with van der Waals surface area (Å²) in [7, 11) is 1.78. The number of nitrogens with one attached hydrogen (secondary N) is 2. The molecule has 0 unspecified atom stereocenters. The lowest BCUT2D eigenvalue weighted by Crippen LogP contribution is -2.30. The van der Waals surface area contributed by atoms with Crippen molar-refractivity contribution in [2.24, 2.45) is 7.05 Å². The molecule has 2 rings (SSSR count). The molecule has 2 N–H and O–H groups in total. The second kappa shape index (κ2) is 7.13. The Morgan fingerprint density at radius 1 is 1.41 bits per heavy atom. The van der Waals surface area contributed by atoms with Gasteiger partial charge in [0.2, 0.25) is 5.91 Å². The molecule has 22 heavy (non-hydrogen) atoms. The van der Waals surface area contributed by atoms with Gasteiger partial charge in [0.1, 0.15) is 5.82 Å². The van der Waals surface area contributed by atoms with Crippen LogP contribution in [-0.2, 0) is 11.8 Å². The first kappa shape index (κ1) is 16.8. The normalized spacial score (nSPS) is 12.2. The van der Waals surface area contributed by atoms with E-state index < -0.39 is 0 Å². The van der Waals surface area contributed by atoms with Gasteiger partial charge in [0.25, 0.3) is 0 Å². The van der Waals surface area contributed by atoms with E-state index in [9.17, 15) is 4.79 Å². The van der Waals surface area contributed by atoms with Crippen LogP contribution in [0.1, 0.15) is 24.2 Å². The number of rotatable bonds is 5. The number of amides is 1. The van der Waals surface area contributed by atoms with Gasteiger partial charge in [-0.25, -0.2) is 0 Å². The topological polar surface area (TPSA) is 59.0 Å². The highest BCUT2D eigenvalue weighted by molar-refractivity contribution is 6.42. The number of aryl methyl sites for hydroxylation is 2. The van der Waals surface area contributed by atoms with Gasteiger partial charge in [-0.3, -0.25) is 9.48 Å². The molecule has 1 aromatic carbocycles. The molecular weight excluding hydrogens is 323 g/mol. The van der Waals surface area contributed by atoms with Crippen molar-refractivity contribution >= 4 is 34.9 Å². The van der Waals surface area contributed by atoms with Gasteiger partial charge < -0.3 is 10.6 Å². The highest BCUT2D eigenvalue weighted by atomic mass is 35.5. The minimum atomic E-state index is -0.145. The van der Waals surface area contributed by atoms with Gasteiger partial charge >= 0.3 is 0 Å². The van der Waals surface area contributed by atoms with Crippen molar-refractivity contribution < 1.29 is 4.79 Å². The Hall–Kier alpha value is -1.56. The molecule has 7 heteroatoms. The third-order valence-electron chi connectivity index (χ3n) is 3.29. The van der Waals surface area contributed by atoms with E-state index in [1.807, 2.05) is 32.0 Å². The van der Waals surface area contributed by atoms with E-state index in [1.54, 1.807) is 17.8 Å². The summed E-state index contributed by atoms with van der Waals surface area (Å²) >= 11 is 12.2. The van der Waals surface area contributed by atoms with Crippen molar-refractivity contribution in [3.8, 4) is 0 Å². The van der Waals surface area contributed by atoms with E-state index in [0.717, 1.165) is 11.3 Å². The summed E-state index contributed by atoms with van der Waals surface area (Å²) in [5.41, 5.74) is 1.71. The molecule has 1 aromatic heterocycles. The molecule has 118 valence electrons. The number of hydrogen-bond acceptors (Lipinski definition) is 3. The summed E-state index contributed by atoms with van der Waals surface area (Å²) in [4.78, 5) is 12.0. The molecule has 0 radical (unpaired) electrons. The largest absolute Gasteiger partial charge is 0.310 e. The van der Waals surface area contributed by atoms with E-state index in [2.05, 4.69) is 15.7 Å². The van der Waals surface area contributed by atoms with Gasteiger partial charge in [0.15, 0.2) is 0 Å². The highest BCUT2D eigenvalue weighted by Gasteiger charge is 2.13. The van der Waals surface area contributed by atoms with Gasteiger partial charge in [-0.1, -0.05) is 35.3 Å². The second-order valence-electron chi connectivity index (χ2n) is 5.09. The molecule has 0 fully saturated rings. The number of aromatic nitrogens is 2. The van der Waals surface area contributed by atoms with Crippen LogP contribution in [0.5, 0.6) is 0 Å². The quantitative estimate of drug-likeness (QED) is 0.877. The van der Waals surface area contributed by atoms with Crippen molar-refractivity contribution in [2.45, 2.75) is 19.9 Å². The SMILES string of the molecule is Cc1cc(NC(=O)CN[C@H](C)c2cccc(Cl)c2Cl)n(C)n1. The van der Waals surface area contributed by atoms with Crippen molar-refractivity contribution in [1.82, 2.24) is 15.1 Å². The number of halogens is 2. The van der Waals surface area contributed by atoms with Gasteiger partial charge in [0.05, 0.1) is 22.3 Å². The highest BCUT2D eigenvalue weighted by Crippen LogP contribution is 2.29. The van der Waals surface area contributed by atoms with Crippen LogP contribution in [-0.4, -0.2) is 22.2 Å². The lowest BCUT2D eigenvalue weighted by atomic mass is 10.1. The zero-order valence-electron chi connectivity index (χ0n) is 12.7. The number of carbonyl (C=O) groups is 1. The van der Waals surface area contributed by atoms with E-state index in [0.29, 0.717) is 15.9 Å². The summed E-state index contributed by atoms with van der Waals surface area (Å²) in [6.45, 7) is 3.96. The fraction of sp³-hybridized carbons (Fsp3) is 0.333. The minimum Gasteiger partial charge on any atom is -0.310 e. The maximum absolute atomic E-state index is 12.0. The molecule has 0 saturated carbocycles. The van der Waals surface area contributed by atoms with Crippen LogP contribution in [0, 0.1) is 6.92 Å². The molecule has 0 bridgehead atoms. The Morgan fingerprint density at radius 2 is 2.14 bits per heavy atom. The fourth-order valence-corrected chi connectivity index (χ4v) is 2.60. The Balaban J connectivity index is 1.93. The first-order chi connectivity index (χ1) is 10.4. The molecule has 1 heterocycles. The van der Waals surface area contributed by atoms with Crippen molar-refractivity contribution in [3.05, 3.63) is 45.6 Å². The molecule has 5 nitrogen and oxygen atoms in total. The molecule has 0 saturated heterocycles. The number of nitrogens with zero attached hydrogens (tertiary/aromatic N) is 2. The van der Waals surface area contributed by atoms with Gasteiger partial charge in [-0.2, -0.15) is 5.10 Å². The number of benzene rings is 1.